The van der Waals surface area contributed by atoms with Gasteiger partial charge in [-0.3, -0.25) is 9.78 Å². The molecule has 18 heavy (non-hydrogen) atoms. The van der Waals surface area contributed by atoms with E-state index in [1.165, 1.54) is 12.8 Å². The summed E-state index contributed by atoms with van der Waals surface area (Å²) in [6.45, 7) is 3.80. The second-order valence-corrected chi connectivity index (χ2v) is 4.37. The highest BCUT2D eigenvalue weighted by molar-refractivity contribution is 5.79. The molecule has 6 nitrogen and oxygen atoms in total. The fraction of sp³-hybridized carbons (Fsp3) is 0.500. The highest BCUT2D eigenvalue weighted by Gasteiger charge is 2.09. The molecule has 0 saturated heterocycles. The number of nitrogens with one attached hydrogen (secondary N) is 3. The number of hydrogen-bond donors (Lipinski definition) is 4. The van der Waals surface area contributed by atoms with Crippen molar-refractivity contribution in [2.45, 2.75) is 32.7 Å². The molecule has 0 unspecified atom stereocenters. The van der Waals surface area contributed by atoms with Crippen LogP contribution < -0.4 is 16.6 Å². The van der Waals surface area contributed by atoms with Crippen LogP contribution in [0.1, 0.15) is 31.7 Å². The van der Waals surface area contributed by atoms with E-state index in [2.05, 4.69) is 27.2 Å². The van der Waals surface area contributed by atoms with Gasteiger partial charge in [-0.2, -0.15) is 4.98 Å². The van der Waals surface area contributed by atoms with Gasteiger partial charge in [-0.15, -0.1) is 0 Å². The topological polar surface area (TPSA) is 99.6 Å². The van der Waals surface area contributed by atoms with Crippen molar-refractivity contribution >= 4 is 17.0 Å². The summed E-state index contributed by atoms with van der Waals surface area (Å²) in [5.41, 5.74) is 6.77. The van der Waals surface area contributed by atoms with Crippen LogP contribution in [0.15, 0.2) is 11.0 Å². The highest BCUT2D eigenvalue weighted by atomic mass is 16.1. The molecule has 0 aliphatic heterocycles. The number of nitrogens with zero attached hydrogens (tertiary/aromatic N) is 1. The lowest BCUT2D eigenvalue weighted by Crippen LogP contribution is -2.17. The fourth-order valence-electron chi connectivity index (χ4n) is 1.98. The van der Waals surface area contributed by atoms with Gasteiger partial charge in [0.25, 0.3) is 5.56 Å². The van der Waals surface area contributed by atoms with Crippen molar-refractivity contribution in [2.75, 3.05) is 12.3 Å². The van der Waals surface area contributed by atoms with Crippen molar-refractivity contribution < 1.29 is 0 Å². The van der Waals surface area contributed by atoms with E-state index < -0.39 is 0 Å². The van der Waals surface area contributed by atoms with Gasteiger partial charge in [0.1, 0.15) is 5.65 Å². The molecule has 0 spiro atoms. The quantitative estimate of drug-likeness (QED) is 0.576. The number of aromatic amines is 2. The van der Waals surface area contributed by atoms with Crippen LogP contribution in [0.2, 0.25) is 0 Å². The molecule has 0 aliphatic carbocycles. The first-order valence-corrected chi connectivity index (χ1v) is 6.29. The van der Waals surface area contributed by atoms with Crippen molar-refractivity contribution in [1.29, 1.82) is 0 Å². The number of H-pyrrole nitrogens is 2. The molecule has 0 saturated carbocycles. The first-order valence-electron chi connectivity index (χ1n) is 6.29. The standard InChI is InChI=1S/C12H19N5O/c1-2-3-4-5-14-6-8-7-15-10-9(8)11(18)17-12(13)16-10/h7,14H,2-6H2,1H3,(H4,13,15,16,17,18). The number of fused-ring (bicyclic) bond motifs is 1. The molecule has 2 aromatic heterocycles. The lowest BCUT2D eigenvalue weighted by atomic mass is 10.2. The molecule has 0 aliphatic rings. The van der Waals surface area contributed by atoms with Crippen molar-refractivity contribution in [3.63, 3.8) is 0 Å². The summed E-state index contributed by atoms with van der Waals surface area (Å²) in [4.78, 5) is 21.3. The number of nitrogens with two attached hydrogens (primary N) is 1. The zero-order valence-electron chi connectivity index (χ0n) is 10.5. The molecule has 2 heterocycles. The van der Waals surface area contributed by atoms with Gasteiger partial charge < -0.3 is 16.0 Å². The Kier molecular flexibility index (Phi) is 3.99. The smallest absolute Gasteiger partial charge is 0.262 e. The second kappa shape index (κ2) is 5.68. The molecular formula is C12H19N5O. The molecule has 98 valence electrons. The first-order chi connectivity index (χ1) is 8.72. The van der Waals surface area contributed by atoms with Gasteiger partial charge in [0, 0.05) is 12.7 Å². The third kappa shape index (κ3) is 2.70. The summed E-state index contributed by atoms with van der Waals surface area (Å²) in [5, 5.41) is 3.91. The molecule has 0 amide bonds. The Labute approximate surface area is 105 Å². The largest absolute Gasteiger partial charge is 0.369 e. The number of nitrogen functional groups attached to an aromatic ring is 1. The molecule has 2 aromatic rings. The zero-order chi connectivity index (χ0) is 13.0. The first kappa shape index (κ1) is 12.6. The maximum absolute atomic E-state index is 11.8. The van der Waals surface area contributed by atoms with Crippen molar-refractivity contribution in [2.24, 2.45) is 0 Å². The van der Waals surface area contributed by atoms with E-state index in [1.54, 1.807) is 6.20 Å². The van der Waals surface area contributed by atoms with E-state index in [4.69, 9.17) is 5.73 Å². The minimum Gasteiger partial charge on any atom is -0.369 e. The maximum Gasteiger partial charge on any atom is 0.262 e. The summed E-state index contributed by atoms with van der Waals surface area (Å²) in [6, 6.07) is 0. The minimum absolute atomic E-state index is 0.136. The van der Waals surface area contributed by atoms with E-state index >= 15 is 0 Å². The van der Waals surface area contributed by atoms with E-state index in [0.717, 1.165) is 18.5 Å². The summed E-state index contributed by atoms with van der Waals surface area (Å²) < 4.78 is 0. The Morgan fingerprint density at radius 3 is 3.06 bits per heavy atom. The molecular weight excluding hydrogens is 230 g/mol. The second-order valence-electron chi connectivity index (χ2n) is 4.37. The van der Waals surface area contributed by atoms with Crippen LogP contribution in [0.3, 0.4) is 0 Å². The Bertz CT molecular complexity index is 571. The van der Waals surface area contributed by atoms with Gasteiger partial charge in [0.15, 0.2) is 0 Å². The number of unbranched alkanes of at least 4 members (excludes halogenated alkanes) is 2. The molecule has 0 radical (unpaired) electrons. The van der Waals surface area contributed by atoms with Crippen LogP contribution in [0.4, 0.5) is 5.95 Å². The number of rotatable bonds is 6. The molecule has 0 fully saturated rings. The monoisotopic (exact) mass is 249 g/mol. The third-order valence-corrected chi connectivity index (χ3v) is 2.91. The average Bonchev–Trinajstić information content (AvgIpc) is 2.72. The molecule has 0 bridgehead atoms. The molecule has 2 rings (SSSR count). The summed E-state index contributed by atoms with van der Waals surface area (Å²) in [6.07, 6.45) is 5.39. The van der Waals surface area contributed by atoms with Crippen LogP contribution >= 0.6 is 0 Å². The van der Waals surface area contributed by atoms with E-state index in [0.29, 0.717) is 17.6 Å². The third-order valence-electron chi connectivity index (χ3n) is 2.91. The number of hydrogen-bond acceptors (Lipinski definition) is 4. The Morgan fingerprint density at radius 2 is 2.28 bits per heavy atom. The molecule has 6 heteroatoms. The summed E-state index contributed by atoms with van der Waals surface area (Å²) >= 11 is 0. The predicted octanol–water partition coefficient (Wildman–Crippen LogP) is 1.11. The van der Waals surface area contributed by atoms with Gasteiger partial charge in [-0.05, 0) is 18.5 Å². The highest BCUT2D eigenvalue weighted by Crippen LogP contribution is 2.12. The summed E-state index contributed by atoms with van der Waals surface area (Å²) in [7, 11) is 0. The predicted molar refractivity (Wildman–Crippen MR) is 72.4 cm³/mol. The normalized spacial score (nSPS) is 11.2. The molecule has 0 aromatic carbocycles. The van der Waals surface area contributed by atoms with E-state index in [-0.39, 0.29) is 11.5 Å². The van der Waals surface area contributed by atoms with Crippen molar-refractivity contribution in [3.8, 4) is 0 Å². The lowest BCUT2D eigenvalue weighted by Gasteiger charge is -2.02. The van der Waals surface area contributed by atoms with E-state index in [9.17, 15) is 4.79 Å². The van der Waals surface area contributed by atoms with Crippen LogP contribution in [0.25, 0.3) is 11.0 Å². The molecule has 5 N–H and O–H groups in total. The van der Waals surface area contributed by atoms with Crippen molar-refractivity contribution in [3.05, 3.63) is 22.1 Å². The minimum atomic E-state index is -0.191. The Balaban J connectivity index is 2.08. The van der Waals surface area contributed by atoms with Crippen LogP contribution in [-0.2, 0) is 6.54 Å². The van der Waals surface area contributed by atoms with Crippen LogP contribution in [0, 0.1) is 0 Å². The molecule has 0 atom stereocenters. The average molecular weight is 249 g/mol. The van der Waals surface area contributed by atoms with Gasteiger partial charge in [0.05, 0.1) is 5.39 Å². The lowest BCUT2D eigenvalue weighted by molar-refractivity contribution is 0.618. The van der Waals surface area contributed by atoms with Gasteiger partial charge in [-0.1, -0.05) is 19.8 Å². The SMILES string of the molecule is CCCCCNCc1c[nH]c2nc(N)[nH]c(=O)c12. The Morgan fingerprint density at radius 1 is 1.44 bits per heavy atom. The van der Waals surface area contributed by atoms with Crippen LogP contribution in [-0.4, -0.2) is 21.5 Å². The number of aromatic nitrogens is 3. The Hall–Kier alpha value is -1.82. The summed E-state index contributed by atoms with van der Waals surface area (Å²) in [5.74, 6) is 0.136. The zero-order valence-corrected chi connectivity index (χ0v) is 10.5. The number of anilines is 1. The van der Waals surface area contributed by atoms with Crippen molar-refractivity contribution in [1.82, 2.24) is 20.3 Å². The van der Waals surface area contributed by atoms with E-state index in [1.807, 2.05) is 0 Å². The van der Waals surface area contributed by atoms with Crippen LogP contribution in [0.5, 0.6) is 0 Å². The van der Waals surface area contributed by atoms with Gasteiger partial charge >= 0.3 is 0 Å². The maximum atomic E-state index is 11.8. The fourth-order valence-corrected chi connectivity index (χ4v) is 1.98. The van der Waals surface area contributed by atoms with Gasteiger partial charge in [-0.25, -0.2) is 0 Å². The van der Waals surface area contributed by atoms with Gasteiger partial charge in [0.2, 0.25) is 5.95 Å².